The van der Waals surface area contributed by atoms with Gasteiger partial charge in [-0.05, 0) is 37.3 Å². The molecule has 1 atom stereocenters. The van der Waals surface area contributed by atoms with Crippen LogP contribution >= 0.6 is 0 Å². The molecule has 3 rings (SSSR count). The molecule has 0 fully saturated rings. The van der Waals surface area contributed by atoms with Crippen molar-refractivity contribution < 1.29 is 14.3 Å². The van der Waals surface area contributed by atoms with Crippen molar-refractivity contribution in [2.45, 2.75) is 12.5 Å². The van der Waals surface area contributed by atoms with Crippen molar-refractivity contribution in [3.05, 3.63) is 66.5 Å². The standard InChI is InChI=1S/C16H16N4O3/c1-16(22,13-6-3-10-23-13)11-18-15(21)12-5-2-7-17-14(12)20-9-4-8-19-20/h2-10,22H,11H2,1H3,(H,18,21). The smallest absolute Gasteiger partial charge is 0.255 e. The molecule has 23 heavy (non-hydrogen) atoms. The van der Waals surface area contributed by atoms with Gasteiger partial charge in [-0.25, -0.2) is 9.67 Å². The maximum absolute atomic E-state index is 12.4. The van der Waals surface area contributed by atoms with Gasteiger partial charge in [-0.3, -0.25) is 4.79 Å². The molecule has 0 bridgehead atoms. The number of nitrogens with one attached hydrogen (secondary N) is 1. The molecule has 0 aliphatic carbocycles. The largest absolute Gasteiger partial charge is 0.466 e. The second-order valence-electron chi connectivity index (χ2n) is 5.26. The summed E-state index contributed by atoms with van der Waals surface area (Å²) in [5.74, 6) is 0.458. The number of hydrogen-bond acceptors (Lipinski definition) is 5. The van der Waals surface area contributed by atoms with Crippen molar-refractivity contribution in [1.29, 1.82) is 0 Å². The third kappa shape index (κ3) is 3.14. The van der Waals surface area contributed by atoms with Crippen LogP contribution in [0.5, 0.6) is 0 Å². The van der Waals surface area contributed by atoms with Crippen LogP contribution in [0.3, 0.4) is 0 Å². The summed E-state index contributed by atoms with van der Waals surface area (Å²) in [6.45, 7) is 1.58. The van der Waals surface area contributed by atoms with Crippen molar-refractivity contribution in [2.75, 3.05) is 6.54 Å². The molecule has 1 amide bonds. The van der Waals surface area contributed by atoms with Crippen molar-refractivity contribution >= 4 is 5.91 Å². The lowest BCUT2D eigenvalue weighted by Gasteiger charge is -2.21. The van der Waals surface area contributed by atoms with Gasteiger partial charge in [-0.2, -0.15) is 5.10 Å². The van der Waals surface area contributed by atoms with Crippen LogP contribution < -0.4 is 5.32 Å². The Labute approximate surface area is 132 Å². The normalized spacial score (nSPS) is 13.5. The molecule has 0 aromatic carbocycles. The highest BCUT2D eigenvalue weighted by molar-refractivity contribution is 5.97. The fourth-order valence-electron chi connectivity index (χ4n) is 2.17. The van der Waals surface area contributed by atoms with E-state index in [4.69, 9.17) is 4.42 Å². The molecule has 3 aromatic heterocycles. The third-order valence-corrected chi connectivity index (χ3v) is 3.40. The Hall–Kier alpha value is -2.93. The topological polar surface area (TPSA) is 93.2 Å². The first-order valence-electron chi connectivity index (χ1n) is 7.07. The van der Waals surface area contributed by atoms with Gasteiger partial charge < -0.3 is 14.8 Å². The summed E-state index contributed by atoms with van der Waals surface area (Å²) in [7, 11) is 0. The molecule has 0 aliphatic heterocycles. The third-order valence-electron chi connectivity index (χ3n) is 3.40. The summed E-state index contributed by atoms with van der Waals surface area (Å²) in [5, 5.41) is 17.2. The number of furan rings is 1. The molecule has 3 heterocycles. The number of nitrogens with zero attached hydrogens (tertiary/aromatic N) is 3. The van der Waals surface area contributed by atoms with Crippen molar-refractivity contribution in [3.63, 3.8) is 0 Å². The fourth-order valence-corrected chi connectivity index (χ4v) is 2.17. The van der Waals surface area contributed by atoms with Gasteiger partial charge in [0.05, 0.1) is 18.4 Å². The quantitative estimate of drug-likeness (QED) is 0.744. The van der Waals surface area contributed by atoms with E-state index in [2.05, 4.69) is 15.4 Å². The summed E-state index contributed by atoms with van der Waals surface area (Å²) in [6, 6.07) is 8.42. The Balaban J connectivity index is 1.77. The van der Waals surface area contributed by atoms with Crippen LogP contribution in [-0.2, 0) is 5.60 Å². The highest BCUT2D eigenvalue weighted by Gasteiger charge is 2.27. The van der Waals surface area contributed by atoms with Crippen LogP contribution in [0.25, 0.3) is 5.82 Å². The van der Waals surface area contributed by atoms with Crippen LogP contribution in [0.15, 0.2) is 59.6 Å². The molecule has 0 radical (unpaired) electrons. The highest BCUT2D eigenvalue weighted by Crippen LogP contribution is 2.20. The summed E-state index contributed by atoms with van der Waals surface area (Å²) in [4.78, 5) is 16.6. The van der Waals surface area contributed by atoms with Crippen molar-refractivity contribution in [1.82, 2.24) is 20.1 Å². The van der Waals surface area contributed by atoms with Crippen molar-refractivity contribution in [2.24, 2.45) is 0 Å². The number of rotatable bonds is 5. The maximum atomic E-state index is 12.4. The van der Waals surface area contributed by atoms with Gasteiger partial charge in [0.25, 0.3) is 5.91 Å². The first-order valence-corrected chi connectivity index (χ1v) is 7.07. The average molecular weight is 312 g/mol. The zero-order chi connectivity index (χ0) is 16.3. The lowest BCUT2D eigenvalue weighted by Crippen LogP contribution is -2.38. The van der Waals surface area contributed by atoms with Crippen LogP contribution in [0.1, 0.15) is 23.0 Å². The number of pyridine rings is 1. The second-order valence-corrected chi connectivity index (χ2v) is 5.26. The number of aliphatic hydroxyl groups is 1. The summed E-state index contributed by atoms with van der Waals surface area (Å²) < 4.78 is 6.70. The molecular formula is C16H16N4O3. The van der Waals surface area contributed by atoms with E-state index in [1.54, 1.807) is 55.8 Å². The van der Waals surface area contributed by atoms with Crippen molar-refractivity contribution in [3.8, 4) is 5.82 Å². The van der Waals surface area contributed by atoms with E-state index >= 15 is 0 Å². The lowest BCUT2D eigenvalue weighted by atomic mass is 10.0. The molecule has 7 heteroatoms. The van der Waals surface area contributed by atoms with Gasteiger partial charge in [-0.1, -0.05) is 0 Å². The zero-order valence-corrected chi connectivity index (χ0v) is 12.5. The van der Waals surface area contributed by atoms with Gasteiger partial charge in [-0.15, -0.1) is 0 Å². The summed E-state index contributed by atoms with van der Waals surface area (Å²) in [6.07, 6.45) is 6.38. The van der Waals surface area contributed by atoms with E-state index in [0.29, 0.717) is 17.1 Å². The lowest BCUT2D eigenvalue weighted by molar-refractivity contribution is 0.0330. The number of carbonyl (C=O) groups excluding carboxylic acids is 1. The molecule has 3 aromatic rings. The van der Waals surface area contributed by atoms with Gasteiger partial charge in [0.2, 0.25) is 0 Å². The molecule has 2 N–H and O–H groups in total. The highest BCUT2D eigenvalue weighted by atomic mass is 16.4. The minimum atomic E-state index is -1.30. The van der Waals surface area contributed by atoms with E-state index in [-0.39, 0.29) is 12.5 Å². The first kappa shape index (κ1) is 15.0. The Morgan fingerprint density at radius 3 is 2.91 bits per heavy atom. The number of hydrogen-bond donors (Lipinski definition) is 2. The monoisotopic (exact) mass is 312 g/mol. The minimum absolute atomic E-state index is 0.00673. The van der Waals surface area contributed by atoms with Crippen LogP contribution in [0.4, 0.5) is 0 Å². The number of amides is 1. The number of carbonyl (C=O) groups is 1. The number of aromatic nitrogens is 3. The van der Waals surface area contributed by atoms with Crippen LogP contribution in [-0.4, -0.2) is 32.3 Å². The SMILES string of the molecule is CC(O)(CNC(=O)c1cccnc1-n1cccn1)c1ccco1. The van der Waals surface area contributed by atoms with E-state index in [1.807, 2.05) is 0 Å². The van der Waals surface area contributed by atoms with Gasteiger partial charge in [0.1, 0.15) is 11.4 Å². The molecule has 0 spiro atoms. The summed E-state index contributed by atoms with van der Waals surface area (Å²) >= 11 is 0. The van der Waals surface area contributed by atoms with Gasteiger partial charge in [0, 0.05) is 18.6 Å². The molecule has 0 saturated heterocycles. The zero-order valence-electron chi connectivity index (χ0n) is 12.5. The summed E-state index contributed by atoms with van der Waals surface area (Å²) in [5.41, 5.74) is -0.931. The fraction of sp³-hybridized carbons (Fsp3) is 0.188. The minimum Gasteiger partial charge on any atom is -0.466 e. The molecule has 118 valence electrons. The second kappa shape index (κ2) is 6.05. The van der Waals surface area contributed by atoms with Gasteiger partial charge in [0.15, 0.2) is 5.82 Å². The maximum Gasteiger partial charge on any atom is 0.255 e. The molecular weight excluding hydrogens is 296 g/mol. The Bertz CT molecular complexity index is 780. The average Bonchev–Trinajstić information content (AvgIpc) is 3.25. The van der Waals surface area contributed by atoms with E-state index in [9.17, 15) is 9.90 Å². The van der Waals surface area contributed by atoms with E-state index in [1.165, 1.54) is 10.9 Å². The molecule has 0 saturated carbocycles. The van der Waals surface area contributed by atoms with E-state index < -0.39 is 5.60 Å². The predicted molar refractivity (Wildman–Crippen MR) is 82.0 cm³/mol. The molecule has 1 unspecified atom stereocenters. The molecule has 0 aliphatic rings. The predicted octanol–water partition coefficient (Wildman–Crippen LogP) is 1.50. The van der Waals surface area contributed by atoms with E-state index in [0.717, 1.165) is 0 Å². The molecule has 7 nitrogen and oxygen atoms in total. The Kier molecular flexibility index (Phi) is 3.94. The van der Waals surface area contributed by atoms with Gasteiger partial charge >= 0.3 is 0 Å². The Morgan fingerprint density at radius 1 is 1.35 bits per heavy atom. The first-order chi connectivity index (χ1) is 11.1. The Morgan fingerprint density at radius 2 is 2.22 bits per heavy atom. The van der Waals surface area contributed by atoms with Crippen LogP contribution in [0, 0.1) is 0 Å². The van der Waals surface area contributed by atoms with Crippen LogP contribution in [0.2, 0.25) is 0 Å².